The number of hydrogen-bond donors (Lipinski definition) is 1. The van der Waals surface area contributed by atoms with E-state index in [0.717, 1.165) is 19.6 Å². The molecular formula is C16H22N2. The smallest absolute Gasteiger partial charge is 0.0249 e. The molecule has 2 N–H and O–H groups in total. The Morgan fingerprint density at radius 3 is 2.06 bits per heavy atom. The maximum Gasteiger partial charge on any atom is 0.0249 e. The topological polar surface area (TPSA) is 29.3 Å². The number of hydrogen-bond acceptors (Lipinski definition) is 2. The lowest BCUT2D eigenvalue weighted by Gasteiger charge is -2.13. The van der Waals surface area contributed by atoms with Gasteiger partial charge in [-0.1, -0.05) is 61.5 Å². The summed E-state index contributed by atoms with van der Waals surface area (Å²) in [5, 5.41) is 0. The number of nitrogens with two attached hydrogens (primary N) is 1. The molecule has 18 heavy (non-hydrogen) atoms. The van der Waals surface area contributed by atoms with Crippen molar-refractivity contribution in [1.82, 2.24) is 4.90 Å². The number of likely N-dealkylation sites (N-methyl/N-ethyl adjacent to an activating group) is 1. The monoisotopic (exact) mass is 242 g/mol. The van der Waals surface area contributed by atoms with Gasteiger partial charge in [0.05, 0.1) is 0 Å². The van der Waals surface area contributed by atoms with Crippen molar-refractivity contribution in [3.8, 4) is 0 Å². The molecule has 1 aliphatic heterocycles. The van der Waals surface area contributed by atoms with E-state index in [1.807, 2.05) is 18.2 Å². The molecule has 1 heterocycles. The van der Waals surface area contributed by atoms with E-state index >= 15 is 0 Å². The molecule has 0 bridgehead atoms. The molecule has 96 valence electrons. The standard InChI is InChI=1S/C16H22N2/c1-2-18-12-15(16(17)13-18)14-10-8-6-4-3-5-7-9-11-14/h3-11,15-16H,2,12-13,17H2,1H3. The number of rotatable bonds is 2. The predicted octanol–water partition coefficient (Wildman–Crippen LogP) is 2.56. The number of nitrogens with zero attached hydrogens (tertiary/aromatic N) is 1. The van der Waals surface area contributed by atoms with Crippen LogP contribution in [0.2, 0.25) is 0 Å². The van der Waals surface area contributed by atoms with Gasteiger partial charge in [-0.15, -0.1) is 0 Å². The van der Waals surface area contributed by atoms with Crippen LogP contribution < -0.4 is 5.73 Å². The lowest BCUT2D eigenvalue weighted by atomic mass is 9.96. The van der Waals surface area contributed by atoms with Crippen LogP contribution in [0, 0.1) is 0 Å². The average molecular weight is 242 g/mol. The van der Waals surface area contributed by atoms with Crippen LogP contribution in [0.1, 0.15) is 18.4 Å². The van der Waals surface area contributed by atoms with Crippen molar-refractivity contribution in [3.63, 3.8) is 0 Å². The van der Waals surface area contributed by atoms with Gasteiger partial charge in [0, 0.05) is 25.0 Å². The van der Waals surface area contributed by atoms with Crippen molar-refractivity contribution < 1.29 is 0 Å². The number of likely N-dealkylation sites (tertiary alicyclic amines) is 1. The van der Waals surface area contributed by atoms with Crippen molar-refractivity contribution in [3.05, 3.63) is 60.2 Å². The van der Waals surface area contributed by atoms with E-state index in [0.29, 0.717) is 5.92 Å². The van der Waals surface area contributed by atoms with E-state index in [-0.39, 0.29) is 6.04 Å². The van der Waals surface area contributed by atoms with E-state index in [1.165, 1.54) is 5.56 Å². The van der Waals surface area contributed by atoms with Crippen molar-refractivity contribution in [1.29, 1.82) is 0 Å². The minimum Gasteiger partial charge on any atom is -0.326 e. The molecule has 0 aliphatic carbocycles. The van der Waals surface area contributed by atoms with Crippen LogP contribution in [0.25, 0.3) is 0 Å². The zero-order valence-electron chi connectivity index (χ0n) is 11.0. The quantitative estimate of drug-likeness (QED) is 0.863. The summed E-state index contributed by atoms with van der Waals surface area (Å²) in [5.41, 5.74) is 7.59. The fraction of sp³-hybridized carbons (Fsp3) is 0.375. The molecule has 0 aromatic heterocycles. The first-order valence-electron chi connectivity index (χ1n) is 6.67. The van der Waals surface area contributed by atoms with Crippen LogP contribution in [0.4, 0.5) is 0 Å². The second-order valence-corrected chi connectivity index (χ2v) is 4.80. The van der Waals surface area contributed by atoms with Crippen molar-refractivity contribution in [2.75, 3.05) is 19.6 Å². The lowest BCUT2D eigenvalue weighted by molar-refractivity contribution is 0.350. The first-order valence-corrected chi connectivity index (χ1v) is 6.67. The van der Waals surface area contributed by atoms with Gasteiger partial charge in [-0.2, -0.15) is 0 Å². The van der Waals surface area contributed by atoms with Crippen LogP contribution in [0.3, 0.4) is 0 Å². The summed E-state index contributed by atoms with van der Waals surface area (Å²) in [5.74, 6) is 0.447. The van der Waals surface area contributed by atoms with Gasteiger partial charge < -0.3 is 10.6 Å². The third kappa shape index (κ3) is 3.31. The van der Waals surface area contributed by atoms with Crippen LogP contribution in [-0.2, 0) is 0 Å². The second-order valence-electron chi connectivity index (χ2n) is 4.80. The van der Waals surface area contributed by atoms with E-state index in [1.54, 1.807) is 0 Å². The fourth-order valence-electron chi connectivity index (χ4n) is 2.48. The van der Waals surface area contributed by atoms with Gasteiger partial charge in [0.15, 0.2) is 0 Å². The Kier molecular flexibility index (Phi) is 4.73. The molecule has 1 saturated heterocycles. The molecule has 1 aromatic rings. The molecule has 2 heteroatoms. The van der Waals surface area contributed by atoms with Crippen LogP contribution in [0.15, 0.2) is 54.6 Å². The second kappa shape index (κ2) is 6.53. The summed E-state index contributed by atoms with van der Waals surface area (Å²) in [6, 6.07) is 19.0. The Hall–Kier alpha value is -1.38. The van der Waals surface area contributed by atoms with Gasteiger partial charge in [-0.05, 0) is 12.1 Å². The summed E-state index contributed by atoms with van der Waals surface area (Å²) in [6.45, 7) is 5.35. The summed E-state index contributed by atoms with van der Waals surface area (Å²) in [4.78, 5) is 2.42. The molecule has 2 nitrogen and oxygen atoms in total. The Labute approximate surface area is 110 Å². The molecule has 0 spiro atoms. The highest BCUT2D eigenvalue weighted by atomic mass is 15.2. The Balaban J connectivity index is 2.28. The Morgan fingerprint density at radius 2 is 1.56 bits per heavy atom. The summed E-state index contributed by atoms with van der Waals surface area (Å²) >= 11 is 0. The minimum atomic E-state index is 0.247. The third-order valence-corrected chi connectivity index (χ3v) is 3.56. The van der Waals surface area contributed by atoms with Crippen LogP contribution in [0.5, 0.6) is 0 Å². The molecule has 0 amide bonds. The van der Waals surface area contributed by atoms with E-state index in [9.17, 15) is 0 Å². The molecular weight excluding hydrogens is 220 g/mol. The summed E-state index contributed by atoms with van der Waals surface area (Å²) < 4.78 is 0. The fourth-order valence-corrected chi connectivity index (χ4v) is 2.48. The first-order chi connectivity index (χ1) is 8.81. The maximum atomic E-state index is 6.26. The molecule has 0 radical (unpaired) electrons. The van der Waals surface area contributed by atoms with Crippen molar-refractivity contribution in [2.45, 2.75) is 18.9 Å². The first kappa shape index (κ1) is 13.1. The average Bonchev–Trinajstić information content (AvgIpc) is 2.77. The molecule has 2 unspecified atom stereocenters. The molecule has 2 rings (SSSR count). The van der Waals surface area contributed by atoms with Gasteiger partial charge in [0.1, 0.15) is 0 Å². The molecule has 2 atom stereocenters. The minimum absolute atomic E-state index is 0.247. The van der Waals surface area contributed by atoms with Crippen LogP contribution >= 0.6 is 0 Å². The van der Waals surface area contributed by atoms with E-state index < -0.39 is 0 Å². The van der Waals surface area contributed by atoms with Gasteiger partial charge in [0.2, 0.25) is 0 Å². The highest BCUT2D eigenvalue weighted by Crippen LogP contribution is 2.25. The summed E-state index contributed by atoms with van der Waals surface area (Å²) in [6.07, 6.45) is 0. The highest BCUT2D eigenvalue weighted by molar-refractivity contribution is 5.21. The summed E-state index contributed by atoms with van der Waals surface area (Å²) in [7, 11) is 0. The van der Waals surface area contributed by atoms with E-state index in [4.69, 9.17) is 5.73 Å². The zero-order valence-corrected chi connectivity index (χ0v) is 11.0. The molecule has 1 aromatic carbocycles. The normalized spacial score (nSPS) is 23.7. The highest BCUT2D eigenvalue weighted by Gasteiger charge is 2.29. The SMILES string of the molecule is CCN1CC(N)C(c2ccccccccc2)C1. The van der Waals surface area contributed by atoms with Crippen molar-refractivity contribution >= 4 is 0 Å². The third-order valence-electron chi connectivity index (χ3n) is 3.56. The van der Waals surface area contributed by atoms with Gasteiger partial charge in [-0.3, -0.25) is 0 Å². The maximum absolute atomic E-state index is 6.26. The van der Waals surface area contributed by atoms with Crippen molar-refractivity contribution in [2.24, 2.45) is 5.73 Å². The van der Waals surface area contributed by atoms with Gasteiger partial charge in [-0.25, -0.2) is 0 Å². The molecule has 1 fully saturated rings. The molecule has 0 saturated carbocycles. The lowest BCUT2D eigenvalue weighted by Crippen LogP contribution is -2.28. The Morgan fingerprint density at radius 1 is 1.00 bits per heavy atom. The predicted molar refractivity (Wildman–Crippen MR) is 76.9 cm³/mol. The van der Waals surface area contributed by atoms with Gasteiger partial charge in [0.25, 0.3) is 0 Å². The zero-order chi connectivity index (χ0) is 12.8. The van der Waals surface area contributed by atoms with Gasteiger partial charge >= 0.3 is 0 Å². The molecule has 1 aliphatic rings. The Bertz CT molecular complexity index is 404. The van der Waals surface area contributed by atoms with E-state index in [2.05, 4.69) is 48.2 Å². The van der Waals surface area contributed by atoms with Crippen LogP contribution in [-0.4, -0.2) is 30.6 Å². The largest absolute Gasteiger partial charge is 0.326 e.